The molecule has 1 nitrogen and oxygen atoms in total. The van der Waals surface area contributed by atoms with E-state index in [1.165, 1.54) is 12.8 Å². The number of nitrogens with zero attached hydrogens (tertiary/aromatic N) is 1. The summed E-state index contributed by atoms with van der Waals surface area (Å²) in [5.41, 5.74) is 0.689. The Morgan fingerprint density at radius 1 is 1.39 bits per heavy atom. The molecule has 0 saturated carbocycles. The predicted molar refractivity (Wildman–Crippen MR) is 74.7 cm³/mol. The Bertz CT molecular complexity index is 395. The number of likely N-dealkylation sites (tertiary alicyclic amines) is 1. The second kappa shape index (κ2) is 6.74. The van der Waals surface area contributed by atoms with E-state index in [0.29, 0.717) is 23.9 Å². The Labute approximate surface area is 118 Å². The van der Waals surface area contributed by atoms with Crippen LogP contribution in [0.4, 0.5) is 4.39 Å². The summed E-state index contributed by atoms with van der Waals surface area (Å²) >= 11 is 11.6. The van der Waals surface area contributed by atoms with Gasteiger partial charge in [0.2, 0.25) is 0 Å². The van der Waals surface area contributed by atoms with Gasteiger partial charge in [-0.15, -0.1) is 11.6 Å². The average molecular weight is 290 g/mol. The molecular weight excluding hydrogens is 272 g/mol. The lowest BCUT2D eigenvalue weighted by molar-refractivity contribution is 0.163. The highest BCUT2D eigenvalue weighted by Gasteiger charge is 2.20. The monoisotopic (exact) mass is 289 g/mol. The van der Waals surface area contributed by atoms with Crippen LogP contribution in [0.15, 0.2) is 18.2 Å². The zero-order valence-corrected chi connectivity index (χ0v) is 11.9. The van der Waals surface area contributed by atoms with Crippen LogP contribution >= 0.6 is 23.2 Å². The molecule has 1 saturated heterocycles. The molecule has 0 radical (unpaired) electrons. The molecule has 1 heterocycles. The number of rotatable bonds is 4. The zero-order chi connectivity index (χ0) is 13.0. The topological polar surface area (TPSA) is 3.24 Å². The molecule has 1 aliphatic rings. The lowest BCUT2D eigenvalue weighted by Crippen LogP contribution is -2.35. The Morgan fingerprint density at radius 2 is 2.22 bits per heavy atom. The van der Waals surface area contributed by atoms with Gasteiger partial charge in [0, 0.05) is 24.5 Å². The summed E-state index contributed by atoms with van der Waals surface area (Å²) in [5.74, 6) is 1.08. The normalized spacial score (nSPS) is 21.2. The zero-order valence-electron chi connectivity index (χ0n) is 10.3. The summed E-state index contributed by atoms with van der Waals surface area (Å²) in [4.78, 5) is 2.30. The van der Waals surface area contributed by atoms with E-state index in [2.05, 4.69) is 4.90 Å². The first-order valence-corrected chi connectivity index (χ1v) is 7.33. The molecular formula is C14H18Cl2FN. The minimum atomic E-state index is -0.279. The third-order valence-corrected chi connectivity index (χ3v) is 4.06. The first-order valence-electron chi connectivity index (χ1n) is 6.42. The van der Waals surface area contributed by atoms with Gasteiger partial charge >= 0.3 is 0 Å². The molecule has 0 spiro atoms. The summed E-state index contributed by atoms with van der Waals surface area (Å²) in [6.45, 7) is 2.69. The summed E-state index contributed by atoms with van der Waals surface area (Å²) in [6, 6.07) is 5.21. The molecule has 0 aliphatic carbocycles. The van der Waals surface area contributed by atoms with Crippen LogP contribution in [0.1, 0.15) is 24.8 Å². The minimum Gasteiger partial charge on any atom is -0.299 e. The second-order valence-electron chi connectivity index (χ2n) is 4.93. The molecule has 100 valence electrons. The Balaban J connectivity index is 1.98. The van der Waals surface area contributed by atoms with Crippen molar-refractivity contribution < 1.29 is 4.39 Å². The number of benzene rings is 1. The van der Waals surface area contributed by atoms with Gasteiger partial charge in [0.05, 0.1) is 5.02 Å². The molecule has 1 fully saturated rings. The maximum absolute atomic E-state index is 13.8. The van der Waals surface area contributed by atoms with Crippen molar-refractivity contribution in [2.24, 2.45) is 5.92 Å². The van der Waals surface area contributed by atoms with E-state index in [0.717, 1.165) is 19.5 Å². The third-order valence-electron chi connectivity index (χ3n) is 3.55. The van der Waals surface area contributed by atoms with E-state index in [4.69, 9.17) is 23.2 Å². The van der Waals surface area contributed by atoms with E-state index >= 15 is 0 Å². The van der Waals surface area contributed by atoms with Gasteiger partial charge in [-0.25, -0.2) is 4.39 Å². The molecule has 0 aromatic heterocycles. The predicted octanol–water partition coefficient (Wildman–Crippen LogP) is 4.32. The van der Waals surface area contributed by atoms with Crippen LogP contribution in [0.25, 0.3) is 0 Å². The quantitative estimate of drug-likeness (QED) is 0.746. The summed E-state index contributed by atoms with van der Waals surface area (Å²) in [7, 11) is 0. The van der Waals surface area contributed by atoms with Gasteiger partial charge in [-0.1, -0.05) is 23.7 Å². The van der Waals surface area contributed by atoms with Crippen LogP contribution < -0.4 is 0 Å². The van der Waals surface area contributed by atoms with Gasteiger partial charge in [0.15, 0.2) is 0 Å². The van der Waals surface area contributed by atoms with E-state index < -0.39 is 0 Å². The highest BCUT2D eigenvalue weighted by Crippen LogP contribution is 2.24. The molecule has 0 amide bonds. The first-order chi connectivity index (χ1) is 8.70. The van der Waals surface area contributed by atoms with Crippen molar-refractivity contribution >= 4 is 23.2 Å². The Morgan fingerprint density at radius 3 is 3.00 bits per heavy atom. The molecule has 18 heavy (non-hydrogen) atoms. The highest BCUT2D eigenvalue weighted by molar-refractivity contribution is 6.30. The van der Waals surface area contributed by atoms with Crippen LogP contribution in [0.5, 0.6) is 0 Å². The highest BCUT2D eigenvalue weighted by atomic mass is 35.5. The standard InChI is InChI=1S/C14H18Cl2FN/c15-7-6-11-3-2-8-18(9-11)10-12-4-1-5-13(16)14(12)17/h1,4-5,11H,2-3,6-10H2. The number of hydrogen-bond donors (Lipinski definition) is 0. The van der Waals surface area contributed by atoms with Crippen LogP contribution in [-0.2, 0) is 6.54 Å². The van der Waals surface area contributed by atoms with Crippen molar-refractivity contribution in [3.8, 4) is 0 Å². The molecule has 4 heteroatoms. The minimum absolute atomic E-state index is 0.210. The number of hydrogen-bond acceptors (Lipinski definition) is 1. The van der Waals surface area contributed by atoms with Gasteiger partial charge < -0.3 is 0 Å². The van der Waals surface area contributed by atoms with E-state index in [1.54, 1.807) is 12.1 Å². The van der Waals surface area contributed by atoms with Gasteiger partial charge in [-0.3, -0.25) is 4.90 Å². The first kappa shape index (κ1) is 14.1. The van der Waals surface area contributed by atoms with Crippen molar-refractivity contribution in [3.63, 3.8) is 0 Å². The van der Waals surface area contributed by atoms with Crippen molar-refractivity contribution in [2.45, 2.75) is 25.8 Å². The smallest absolute Gasteiger partial charge is 0.146 e. The fourth-order valence-corrected chi connectivity index (χ4v) is 3.10. The number of halogens is 3. The van der Waals surface area contributed by atoms with E-state index in [9.17, 15) is 4.39 Å². The molecule has 2 rings (SSSR count). The SMILES string of the molecule is Fc1c(Cl)cccc1CN1CCCC(CCCl)C1. The average Bonchev–Trinajstić information content (AvgIpc) is 2.36. The molecule has 1 unspecified atom stereocenters. The maximum Gasteiger partial charge on any atom is 0.146 e. The summed E-state index contributed by atoms with van der Waals surface area (Å²) in [5, 5.41) is 0.210. The van der Waals surface area contributed by atoms with Crippen molar-refractivity contribution in [3.05, 3.63) is 34.6 Å². The number of alkyl halides is 1. The van der Waals surface area contributed by atoms with Gasteiger partial charge in [-0.05, 0) is 37.8 Å². The maximum atomic E-state index is 13.8. The van der Waals surface area contributed by atoms with Gasteiger partial charge in [0.1, 0.15) is 5.82 Å². The lowest BCUT2D eigenvalue weighted by atomic mass is 9.95. The molecule has 1 aromatic carbocycles. The molecule has 1 aliphatic heterocycles. The third kappa shape index (κ3) is 3.59. The van der Waals surface area contributed by atoms with Crippen molar-refractivity contribution in [1.82, 2.24) is 4.90 Å². The van der Waals surface area contributed by atoms with E-state index in [1.807, 2.05) is 6.07 Å². The summed E-state index contributed by atoms with van der Waals surface area (Å²) < 4.78 is 13.8. The molecule has 0 N–H and O–H groups in total. The second-order valence-corrected chi connectivity index (χ2v) is 5.72. The summed E-state index contributed by atoms with van der Waals surface area (Å²) in [6.07, 6.45) is 3.46. The number of piperidine rings is 1. The van der Waals surface area contributed by atoms with Gasteiger partial charge in [0.25, 0.3) is 0 Å². The van der Waals surface area contributed by atoms with Crippen LogP contribution in [-0.4, -0.2) is 23.9 Å². The van der Waals surface area contributed by atoms with Crippen LogP contribution in [0.3, 0.4) is 0 Å². The molecule has 0 bridgehead atoms. The fourth-order valence-electron chi connectivity index (χ4n) is 2.60. The largest absolute Gasteiger partial charge is 0.299 e. The van der Waals surface area contributed by atoms with Crippen LogP contribution in [0, 0.1) is 11.7 Å². The van der Waals surface area contributed by atoms with Crippen molar-refractivity contribution in [1.29, 1.82) is 0 Å². The Kier molecular flexibility index (Phi) is 5.28. The Hall–Kier alpha value is -0.310. The lowest BCUT2D eigenvalue weighted by Gasteiger charge is -2.32. The molecule has 1 atom stereocenters. The fraction of sp³-hybridized carbons (Fsp3) is 0.571. The molecule has 1 aromatic rings. The van der Waals surface area contributed by atoms with Crippen molar-refractivity contribution in [2.75, 3.05) is 19.0 Å². The van der Waals surface area contributed by atoms with Crippen LogP contribution in [0.2, 0.25) is 5.02 Å². The van der Waals surface area contributed by atoms with Gasteiger partial charge in [-0.2, -0.15) is 0 Å². The van der Waals surface area contributed by atoms with E-state index in [-0.39, 0.29) is 10.8 Å².